The number of rotatable bonds is 8. The number of nitrogens with one attached hydrogen (secondary N) is 1. The Morgan fingerprint density at radius 3 is 2.56 bits per heavy atom. The van der Waals surface area contributed by atoms with Crippen molar-refractivity contribution < 1.29 is 19.1 Å². The van der Waals surface area contributed by atoms with E-state index in [-0.39, 0.29) is 17.6 Å². The van der Waals surface area contributed by atoms with Crippen LogP contribution in [0.5, 0.6) is 11.5 Å². The molecule has 12 heteroatoms. The van der Waals surface area contributed by atoms with E-state index in [2.05, 4.69) is 20.5 Å². The first-order valence-corrected chi connectivity index (χ1v) is 11.3. The summed E-state index contributed by atoms with van der Waals surface area (Å²) in [7, 11) is 8.33. The average molecular weight is 477 g/mol. The monoisotopic (exact) mass is 476 g/mol. The van der Waals surface area contributed by atoms with Gasteiger partial charge in [0.2, 0.25) is 5.91 Å². The Labute approximate surface area is 193 Å². The number of methoxy groups -OCH3 is 2. The number of aromatic nitrogens is 4. The quantitative estimate of drug-likeness (QED) is 0.494. The van der Waals surface area contributed by atoms with E-state index in [1.807, 2.05) is 19.2 Å². The van der Waals surface area contributed by atoms with Crippen LogP contribution in [0.15, 0.2) is 23.4 Å². The molecule has 0 unspecified atom stereocenters. The smallest absolute Gasteiger partial charge is 0.265 e. The molecule has 0 radical (unpaired) electrons. The molecule has 3 aromatic rings. The molecule has 0 fully saturated rings. The van der Waals surface area contributed by atoms with Crippen molar-refractivity contribution in [2.24, 2.45) is 7.05 Å². The Morgan fingerprint density at radius 2 is 1.91 bits per heavy atom. The van der Waals surface area contributed by atoms with Crippen molar-refractivity contribution in [3.8, 4) is 22.9 Å². The summed E-state index contributed by atoms with van der Waals surface area (Å²) in [5.41, 5.74) is 1.40. The Morgan fingerprint density at radius 1 is 1.19 bits per heavy atom. The molecule has 0 bridgehead atoms. The number of amides is 2. The number of anilines is 1. The van der Waals surface area contributed by atoms with Crippen LogP contribution in [0.4, 0.5) is 5.13 Å². The lowest BCUT2D eigenvalue weighted by molar-refractivity contribution is -0.113. The molecule has 170 valence electrons. The third kappa shape index (κ3) is 5.02. The van der Waals surface area contributed by atoms with E-state index < -0.39 is 0 Å². The lowest BCUT2D eigenvalue weighted by atomic mass is 10.2. The van der Waals surface area contributed by atoms with Crippen LogP contribution in [0.1, 0.15) is 15.4 Å². The standard InChI is InChI=1S/C20H24N6O4S2/c1-11-16(18(28)25(2)3)32-19(21-11)22-15(27)10-31-20-24-23-17(26(20)4)12-7-8-13(29-5)14(9-12)30-6/h7-9H,10H2,1-6H3,(H,21,22,27). The summed E-state index contributed by atoms with van der Waals surface area (Å²) in [4.78, 5) is 30.8. The van der Waals surface area contributed by atoms with Crippen molar-refractivity contribution in [3.05, 3.63) is 28.8 Å². The minimum Gasteiger partial charge on any atom is -0.493 e. The van der Waals surface area contributed by atoms with E-state index in [1.165, 1.54) is 16.7 Å². The predicted molar refractivity (Wildman–Crippen MR) is 124 cm³/mol. The first-order chi connectivity index (χ1) is 15.2. The number of hydrogen-bond donors (Lipinski definition) is 1. The zero-order chi connectivity index (χ0) is 23.4. The van der Waals surface area contributed by atoms with Gasteiger partial charge in [0.25, 0.3) is 5.91 Å². The molecule has 0 saturated heterocycles. The molecule has 10 nitrogen and oxygen atoms in total. The number of thiazole rings is 1. The third-order valence-corrected chi connectivity index (χ3v) is 6.53. The molecule has 2 amide bonds. The highest BCUT2D eigenvalue weighted by molar-refractivity contribution is 7.99. The van der Waals surface area contributed by atoms with Gasteiger partial charge in [0, 0.05) is 26.7 Å². The number of thioether (sulfide) groups is 1. The average Bonchev–Trinajstić information content (AvgIpc) is 3.32. The predicted octanol–water partition coefficient (Wildman–Crippen LogP) is 2.70. The molecule has 1 N–H and O–H groups in total. The molecule has 0 spiro atoms. The Balaban J connectivity index is 1.66. The van der Waals surface area contributed by atoms with Crippen molar-refractivity contribution in [3.63, 3.8) is 0 Å². The van der Waals surface area contributed by atoms with Crippen molar-refractivity contribution in [2.45, 2.75) is 12.1 Å². The molecule has 0 aliphatic heterocycles. The molecule has 0 atom stereocenters. The number of benzene rings is 1. The fourth-order valence-electron chi connectivity index (χ4n) is 2.80. The SMILES string of the molecule is COc1ccc(-c2nnc(SCC(=O)Nc3nc(C)c(C(=O)N(C)C)s3)n2C)cc1OC. The molecule has 32 heavy (non-hydrogen) atoms. The van der Waals surface area contributed by atoms with Gasteiger partial charge in [0.15, 0.2) is 27.6 Å². The van der Waals surface area contributed by atoms with Gasteiger partial charge in [0.1, 0.15) is 4.88 Å². The van der Waals surface area contributed by atoms with Crippen LogP contribution >= 0.6 is 23.1 Å². The molecule has 0 saturated carbocycles. The second-order valence-electron chi connectivity index (χ2n) is 6.90. The normalized spacial score (nSPS) is 10.7. The van der Waals surface area contributed by atoms with Crippen LogP contribution in [0, 0.1) is 6.92 Å². The van der Waals surface area contributed by atoms with Crippen LogP contribution in [0.3, 0.4) is 0 Å². The Hall–Kier alpha value is -3.12. The van der Waals surface area contributed by atoms with E-state index >= 15 is 0 Å². The number of ether oxygens (including phenoxy) is 2. The van der Waals surface area contributed by atoms with Gasteiger partial charge in [-0.15, -0.1) is 10.2 Å². The van der Waals surface area contributed by atoms with E-state index in [0.29, 0.717) is 38.2 Å². The number of carbonyl (C=O) groups excluding carboxylic acids is 2. The fraction of sp³-hybridized carbons (Fsp3) is 0.350. The fourth-order valence-corrected chi connectivity index (χ4v) is 4.52. The van der Waals surface area contributed by atoms with Crippen LogP contribution < -0.4 is 14.8 Å². The first-order valence-electron chi connectivity index (χ1n) is 9.48. The summed E-state index contributed by atoms with van der Waals surface area (Å²) in [5.74, 6) is 1.58. The van der Waals surface area contributed by atoms with Gasteiger partial charge in [-0.1, -0.05) is 23.1 Å². The number of hydrogen-bond acceptors (Lipinski definition) is 9. The van der Waals surface area contributed by atoms with Crippen LogP contribution in [0.25, 0.3) is 11.4 Å². The number of aryl methyl sites for hydroxylation is 1. The highest BCUT2D eigenvalue weighted by atomic mass is 32.2. The lowest BCUT2D eigenvalue weighted by Gasteiger charge is -2.09. The van der Waals surface area contributed by atoms with Gasteiger partial charge in [-0.3, -0.25) is 9.59 Å². The summed E-state index contributed by atoms with van der Waals surface area (Å²) in [5, 5.41) is 12.2. The summed E-state index contributed by atoms with van der Waals surface area (Å²) in [6.45, 7) is 1.74. The van der Waals surface area contributed by atoms with Crippen molar-refractivity contribution in [2.75, 3.05) is 39.4 Å². The second-order valence-corrected chi connectivity index (χ2v) is 8.85. The zero-order valence-corrected chi connectivity index (χ0v) is 20.3. The molecule has 3 rings (SSSR count). The van der Waals surface area contributed by atoms with E-state index in [4.69, 9.17) is 9.47 Å². The topological polar surface area (TPSA) is 111 Å². The lowest BCUT2D eigenvalue weighted by Crippen LogP contribution is -2.21. The maximum absolute atomic E-state index is 12.4. The van der Waals surface area contributed by atoms with Gasteiger partial charge < -0.3 is 24.3 Å². The molecule has 0 aliphatic carbocycles. The highest BCUT2D eigenvalue weighted by Crippen LogP contribution is 2.32. The van der Waals surface area contributed by atoms with Crippen molar-refractivity contribution in [1.29, 1.82) is 0 Å². The van der Waals surface area contributed by atoms with E-state index in [9.17, 15) is 9.59 Å². The van der Waals surface area contributed by atoms with Crippen LogP contribution in [-0.2, 0) is 11.8 Å². The second kappa shape index (κ2) is 10.0. The van der Waals surface area contributed by atoms with Gasteiger partial charge in [0.05, 0.1) is 25.7 Å². The highest BCUT2D eigenvalue weighted by Gasteiger charge is 2.19. The molecule has 0 aliphatic rings. The van der Waals surface area contributed by atoms with Gasteiger partial charge in [-0.05, 0) is 25.1 Å². The third-order valence-electron chi connectivity index (χ3n) is 4.45. The Kier molecular flexibility index (Phi) is 7.36. The van der Waals surface area contributed by atoms with Crippen molar-refractivity contribution in [1.82, 2.24) is 24.6 Å². The molecular weight excluding hydrogens is 452 g/mol. The number of carbonyl (C=O) groups is 2. The summed E-state index contributed by atoms with van der Waals surface area (Å²) >= 11 is 2.41. The zero-order valence-electron chi connectivity index (χ0n) is 18.6. The van der Waals surface area contributed by atoms with Gasteiger partial charge in [-0.25, -0.2) is 4.98 Å². The van der Waals surface area contributed by atoms with Crippen molar-refractivity contribution >= 4 is 40.0 Å². The van der Waals surface area contributed by atoms with Crippen LogP contribution in [-0.4, -0.2) is 70.5 Å². The maximum Gasteiger partial charge on any atom is 0.265 e. The largest absolute Gasteiger partial charge is 0.493 e. The Bertz CT molecular complexity index is 1140. The molecule has 1 aromatic carbocycles. The first kappa shape index (κ1) is 23.5. The molecule has 2 aromatic heterocycles. The van der Waals surface area contributed by atoms with Gasteiger partial charge >= 0.3 is 0 Å². The minimum atomic E-state index is -0.247. The van der Waals surface area contributed by atoms with E-state index in [0.717, 1.165) is 16.9 Å². The van der Waals surface area contributed by atoms with Gasteiger partial charge in [-0.2, -0.15) is 0 Å². The number of nitrogens with zero attached hydrogens (tertiary/aromatic N) is 5. The molecule has 2 heterocycles. The van der Waals surface area contributed by atoms with E-state index in [1.54, 1.807) is 45.9 Å². The molecular formula is C20H24N6O4S2. The maximum atomic E-state index is 12.4. The minimum absolute atomic E-state index is 0.119. The summed E-state index contributed by atoms with van der Waals surface area (Å²) in [6, 6.07) is 5.49. The van der Waals surface area contributed by atoms with Crippen LogP contribution in [0.2, 0.25) is 0 Å². The summed E-state index contributed by atoms with van der Waals surface area (Å²) < 4.78 is 12.4. The summed E-state index contributed by atoms with van der Waals surface area (Å²) in [6.07, 6.45) is 0.